The quantitative estimate of drug-likeness (QED) is 0.122. The molecule has 1 unspecified atom stereocenters. The highest BCUT2D eigenvalue weighted by Crippen LogP contribution is 2.39. The molecule has 7 rings (SSSR count). The molecule has 3 aromatic carbocycles. The maximum absolute atomic E-state index is 13.2. The van der Waals surface area contributed by atoms with Gasteiger partial charge in [-0.15, -0.1) is 0 Å². The van der Waals surface area contributed by atoms with Crippen LogP contribution in [0.15, 0.2) is 66.9 Å². The topological polar surface area (TPSA) is 210 Å². The van der Waals surface area contributed by atoms with Crippen molar-refractivity contribution in [2.24, 2.45) is 0 Å². The Hall–Kier alpha value is -7.17. The molecule has 1 saturated heterocycles. The van der Waals surface area contributed by atoms with Gasteiger partial charge in [-0.2, -0.15) is 4.98 Å². The number of methoxy groups -OCH3 is 1. The van der Waals surface area contributed by atoms with E-state index in [-0.39, 0.29) is 66.3 Å². The number of hydrogen-bond donors (Lipinski definition) is 3. The minimum atomic E-state index is -1.11. The molecule has 3 aliphatic heterocycles. The number of unbranched alkanes of at least 4 members (excludes halogenated alkanes) is 2. The van der Waals surface area contributed by atoms with E-state index < -0.39 is 29.7 Å². The summed E-state index contributed by atoms with van der Waals surface area (Å²) in [4.78, 5) is 102. The van der Waals surface area contributed by atoms with Gasteiger partial charge in [0, 0.05) is 39.0 Å². The number of para-hydroxylation sites is 1. The first-order chi connectivity index (χ1) is 28.0. The number of benzene rings is 3. The van der Waals surface area contributed by atoms with Gasteiger partial charge in [-0.3, -0.25) is 43.8 Å². The molecule has 3 aliphatic rings. The second-order valence-corrected chi connectivity index (χ2v) is 13.9. The number of aromatic nitrogens is 2. The van der Waals surface area contributed by atoms with Gasteiger partial charge in [-0.05, 0) is 61.7 Å². The first-order valence-corrected chi connectivity index (χ1v) is 18.7. The normalized spacial score (nSPS) is 15.9. The number of amides is 6. The molecule has 1 aromatic heterocycles. The summed E-state index contributed by atoms with van der Waals surface area (Å²) in [5.74, 6) is -1.99. The lowest BCUT2D eigenvalue weighted by Crippen LogP contribution is -2.54. The van der Waals surface area contributed by atoms with E-state index >= 15 is 0 Å². The molecule has 0 bridgehead atoms. The second-order valence-electron chi connectivity index (χ2n) is 13.9. The van der Waals surface area contributed by atoms with E-state index in [0.717, 1.165) is 4.90 Å². The molecule has 1 atom stereocenters. The number of nitrogens with one attached hydrogen (secondary N) is 3. The Kier molecular flexibility index (Phi) is 11.1. The van der Waals surface area contributed by atoms with E-state index in [1.807, 2.05) is 30.1 Å². The second kappa shape index (κ2) is 16.5. The minimum Gasteiger partial charge on any atom is -0.495 e. The van der Waals surface area contributed by atoms with Crippen LogP contribution >= 0.6 is 0 Å². The molecule has 17 heteroatoms. The molecule has 6 amide bonds. The Morgan fingerprint density at radius 1 is 0.862 bits per heavy atom. The third kappa shape index (κ3) is 7.65. The summed E-state index contributed by atoms with van der Waals surface area (Å²) in [5, 5.41) is 8.20. The van der Waals surface area contributed by atoms with E-state index in [4.69, 9.17) is 14.5 Å². The Labute approximate surface area is 332 Å². The highest BCUT2D eigenvalue weighted by atomic mass is 16.5. The Balaban J connectivity index is 0.868. The zero-order valence-electron chi connectivity index (χ0n) is 32.0. The number of carbonyl (C=O) groups excluding carboxylic acids is 7. The molecular weight excluding hydrogens is 748 g/mol. The SMILES string of the molecule is COc1cc(C(=O)NCCCCCC(=O)COc2cccc3c2C(=O)N(C2CCC(=O)NC2=O)C3=O)ccc1Nc1ncc2c(n1)N(C)c1ccccc1C(=O)N2C. The number of fused-ring (bicyclic) bond motifs is 3. The largest absolute Gasteiger partial charge is 0.495 e. The Morgan fingerprint density at radius 3 is 2.45 bits per heavy atom. The predicted octanol–water partition coefficient (Wildman–Crippen LogP) is 3.93. The van der Waals surface area contributed by atoms with Crippen LogP contribution in [0.2, 0.25) is 0 Å². The number of ketones is 1. The zero-order chi connectivity index (χ0) is 41.1. The van der Waals surface area contributed by atoms with Gasteiger partial charge in [0.1, 0.15) is 29.8 Å². The van der Waals surface area contributed by atoms with Crippen molar-refractivity contribution in [3.8, 4) is 11.5 Å². The van der Waals surface area contributed by atoms with Crippen LogP contribution in [0.3, 0.4) is 0 Å². The van der Waals surface area contributed by atoms with E-state index in [0.29, 0.717) is 65.6 Å². The number of carbonyl (C=O) groups is 7. The molecule has 0 radical (unpaired) electrons. The van der Waals surface area contributed by atoms with Crippen molar-refractivity contribution in [3.63, 3.8) is 0 Å². The summed E-state index contributed by atoms with van der Waals surface area (Å²) < 4.78 is 11.3. The van der Waals surface area contributed by atoms with E-state index in [9.17, 15) is 33.6 Å². The van der Waals surface area contributed by atoms with Crippen LogP contribution in [0.4, 0.5) is 28.8 Å². The monoisotopic (exact) mass is 788 g/mol. The summed E-state index contributed by atoms with van der Waals surface area (Å²) in [7, 11) is 5.00. The smallest absolute Gasteiger partial charge is 0.266 e. The van der Waals surface area contributed by atoms with Crippen molar-refractivity contribution in [1.82, 2.24) is 25.5 Å². The lowest BCUT2D eigenvalue weighted by atomic mass is 10.0. The standard InChI is InChI=1S/C41H40N8O9/c1-47-28-13-7-6-11-25(28)38(54)48(2)30-21-43-41(46-35(30)47)44-27-16-15-23(20-32(27)57-3)36(52)42-19-8-4-5-10-24(50)22-58-31-14-9-12-26-34(31)40(56)49(39(26)55)29-17-18-33(51)45-37(29)53/h6-7,9,11-16,20-21,29H,4-5,8,10,17-19,22H2,1-3H3,(H,42,52)(H,43,44,46)(H,45,51,53). The van der Waals surface area contributed by atoms with Gasteiger partial charge in [0.2, 0.25) is 17.8 Å². The van der Waals surface area contributed by atoms with Gasteiger partial charge < -0.3 is 29.9 Å². The maximum Gasteiger partial charge on any atom is 0.266 e. The van der Waals surface area contributed by atoms with Gasteiger partial charge in [0.05, 0.1) is 41.4 Å². The van der Waals surface area contributed by atoms with Crippen LogP contribution in [0.1, 0.15) is 80.0 Å². The highest BCUT2D eigenvalue weighted by Gasteiger charge is 2.46. The molecule has 4 aromatic rings. The Bertz CT molecular complexity index is 2370. The third-order valence-corrected chi connectivity index (χ3v) is 10.2. The van der Waals surface area contributed by atoms with Crippen molar-refractivity contribution in [1.29, 1.82) is 0 Å². The number of ether oxygens (including phenoxy) is 2. The summed E-state index contributed by atoms with van der Waals surface area (Å²) in [6.07, 6.45) is 3.62. The highest BCUT2D eigenvalue weighted by molar-refractivity contribution is 6.24. The Morgan fingerprint density at radius 2 is 1.66 bits per heavy atom. The average molecular weight is 789 g/mol. The van der Waals surface area contributed by atoms with Gasteiger partial charge in [-0.25, -0.2) is 4.98 Å². The maximum atomic E-state index is 13.2. The van der Waals surface area contributed by atoms with Crippen LogP contribution in [-0.2, 0) is 14.4 Å². The molecule has 1 fully saturated rings. The molecule has 4 heterocycles. The molecule has 0 spiro atoms. The molecule has 3 N–H and O–H groups in total. The summed E-state index contributed by atoms with van der Waals surface area (Å²) in [6.45, 7) is 0.0562. The number of nitrogens with zero attached hydrogens (tertiary/aromatic N) is 5. The first kappa shape index (κ1) is 39.1. The molecule has 17 nitrogen and oxygen atoms in total. The van der Waals surface area contributed by atoms with E-state index in [1.165, 1.54) is 30.2 Å². The zero-order valence-corrected chi connectivity index (χ0v) is 32.0. The summed E-state index contributed by atoms with van der Waals surface area (Å²) >= 11 is 0. The van der Waals surface area contributed by atoms with Crippen LogP contribution in [0.25, 0.3) is 0 Å². The number of imide groups is 2. The summed E-state index contributed by atoms with van der Waals surface area (Å²) in [5.41, 5.74) is 2.75. The van der Waals surface area contributed by atoms with Gasteiger partial charge in [-0.1, -0.05) is 24.6 Å². The number of hydrogen-bond acceptors (Lipinski definition) is 13. The fraction of sp³-hybridized carbons (Fsp3) is 0.293. The van der Waals surface area contributed by atoms with E-state index in [1.54, 1.807) is 37.5 Å². The van der Waals surface area contributed by atoms with Crippen LogP contribution in [0, 0.1) is 0 Å². The number of anilines is 5. The number of Topliss-reactive ketones (excluding diaryl/α,β-unsaturated/α-hetero) is 1. The number of piperidine rings is 1. The molecule has 298 valence electrons. The number of rotatable bonds is 14. The van der Waals surface area contributed by atoms with Crippen molar-refractivity contribution < 1.29 is 43.0 Å². The van der Waals surface area contributed by atoms with Crippen molar-refractivity contribution >= 4 is 70.1 Å². The van der Waals surface area contributed by atoms with Crippen LogP contribution < -0.4 is 35.2 Å². The third-order valence-electron chi connectivity index (χ3n) is 10.2. The molecule has 0 saturated carbocycles. The fourth-order valence-electron chi connectivity index (χ4n) is 7.08. The lowest BCUT2D eigenvalue weighted by Gasteiger charge is -2.27. The van der Waals surface area contributed by atoms with Crippen LogP contribution in [0.5, 0.6) is 11.5 Å². The van der Waals surface area contributed by atoms with Crippen molar-refractivity contribution in [3.05, 3.63) is 89.1 Å². The lowest BCUT2D eigenvalue weighted by molar-refractivity contribution is -0.136. The summed E-state index contributed by atoms with van der Waals surface area (Å²) in [6, 6.07) is 15.6. The van der Waals surface area contributed by atoms with Crippen LogP contribution in [-0.4, -0.2) is 96.5 Å². The van der Waals surface area contributed by atoms with Gasteiger partial charge in [0.15, 0.2) is 11.6 Å². The molecule has 0 aliphatic carbocycles. The van der Waals surface area contributed by atoms with Gasteiger partial charge >= 0.3 is 0 Å². The van der Waals surface area contributed by atoms with Crippen molar-refractivity contribution in [2.75, 3.05) is 49.5 Å². The molecule has 58 heavy (non-hydrogen) atoms. The average Bonchev–Trinajstić information content (AvgIpc) is 3.45. The molecular formula is C41H40N8O9. The first-order valence-electron chi connectivity index (χ1n) is 18.7. The predicted molar refractivity (Wildman–Crippen MR) is 210 cm³/mol. The van der Waals surface area contributed by atoms with E-state index in [2.05, 4.69) is 20.9 Å². The van der Waals surface area contributed by atoms with Gasteiger partial charge in [0.25, 0.3) is 23.6 Å². The fourth-order valence-corrected chi connectivity index (χ4v) is 7.08. The van der Waals surface area contributed by atoms with Crippen molar-refractivity contribution in [2.45, 2.75) is 44.6 Å². The minimum absolute atomic E-state index is 0.00363.